The third-order valence-corrected chi connectivity index (χ3v) is 8.25. The molecule has 0 saturated heterocycles. The van der Waals surface area contributed by atoms with Crippen molar-refractivity contribution >= 4 is 5.78 Å². The second-order valence-electron chi connectivity index (χ2n) is 8.90. The predicted molar refractivity (Wildman–Crippen MR) is 81.6 cm³/mol. The number of fused-ring (bicyclic) bond motifs is 5. The Bertz CT molecular complexity index is 460. The standard InChI is InChI=1S/C19H29FO/c1-18-9-4-3-5-15(18)16(20)11-12-13-6-7-17(21)19(13,2)10-8-14(12)18/h12-16H,3-11H2,1-2H3/t12-,13+,14-,15-,16+,18-,19+/m1/s1. The van der Waals surface area contributed by atoms with E-state index in [1.165, 1.54) is 25.7 Å². The number of carbonyl (C=O) groups is 1. The average Bonchev–Trinajstić information content (AvgIpc) is 2.75. The second kappa shape index (κ2) is 4.55. The molecule has 4 fully saturated rings. The van der Waals surface area contributed by atoms with Gasteiger partial charge in [-0.05, 0) is 67.6 Å². The third-order valence-electron chi connectivity index (χ3n) is 8.25. The molecule has 4 saturated carbocycles. The molecule has 0 aromatic carbocycles. The van der Waals surface area contributed by atoms with Crippen molar-refractivity contribution in [1.29, 1.82) is 0 Å². The minimum absolute atomic E-state index is 0.112. The van der Waals surface area contributed by atoms with Crippen LogP contribution in [0.3, 0.4) is 0 Å². The number of alkyl halides is 1. The Hall–Kier alpha value is -0.400. The molecule has 118 valence electrons. The fraction of sp³-hybridized carbons (Fsp3) is 0.947. The van der Waals surface area contributed by atoms with Crippen molar-refractivity contribution in [3.63, 3.8) is 0 Å². The minimum atomic E-state index is -0.616. The topological polar surface area (TPSA) is 17.1 Å². The van der Waals surface area contributed by atoms with E-state index in [4.69, 9.17) is 0 Å². The second-order valence-corrected chi connectivity index (χ2v) is 8.90. The molecule has 2 heteroatoms. The van der Waals surface area contributed by atoms with Crippen LogP contribution in [-0.4, -0.2) is 12.0 Å². The fourth-order valence-corrected chi connectivity index (χ4v) is 7.07. The first-order chi connectivity index (χ1) is 9.97. The van der Waals surface area contributed by atoms with Crippen LogP contribution in [0.2, 0.25) is 0 Å². The summed E-state index contributed by atoms with van der Waals surface area (Å²) < 4.78 is 14.9. The maximum absolute atomic E-state index is 14.9. The Kier molecular flexibility index (Phi) is 3.08. The van der Waals surface area contributed by atoms with Gasteiger partial charge in [0.25, 0.3) is 0 Å². The molecular weight excluding hydrogens is 263 g/mol. The van der Waals surface area contributed by atoms with E-state index in [2.05, 4.69) is 13.8 Å². The van der Waals surface area contributed by atoms with Crippen molar-refractivity contribution in [2.24, 2.45) is 34.5 Å². The fourth-order valence-electron chi connectivity index (χ4n) is 7.07. The van der Waals surface area contributed by atoms with E-state index in [9.17, 15) is 9.18 Å². The summed E-state index contributed by atoms with van der Waals surface area (Å²) in [5.74, 6) is 2.40. The number of Topliss-reactive ketones (excluding diaryl/α,β-unsaturated/α-hetero) is 1. The molecule has 4 aliphatic carbocycles. The zero-order valence-electron chi connectivity index (χ0n) is 13.5. The lowest BCUT2D eigenvalue weighted by molar-refractivity contribution is -0.148. The SMILES string of the molecule is C[C@]12CCCC[C@@H]1[C@@H](F)C[C@H]1[C@H]2CC[C@]2(C)C(=O)CC[C@@H]12. The highest BCUT2D eigenvalue weighted by Gasteiger charge is 2.61. The first-order valence-corrected chi connectivity index (χ1v) is 9.14. The van der Waals surface area contributed by atoms with Crippen LogP contribution in [0, 0.1) is 34.5 Å². The first kappa shape index (κ1) is 14.2. The highest BCUT2D eigenvalue weighted by molar-refractivity contribution is 5.87. The molecule has 4 aliphatic rings. The van der Waals surface area contributed by atoms with Gasteiger partial charge in [0, 0.05) is 11.8 Å². The van der Waals surface area contributed by atoms with Crippen LogP contribution < -0.4 is 0 Å². The van der Waals surface area contributed by atoms with Crippen molar-refractivity contribution in [1.82, 2.24) is 0 Å². The summed E-state index contributed by atoms with van der Waals surface area (Å²) in [6.07, 6.45) is 8.97. The Labute approximate surface area is 128 Å². The van der Waals surface area contributed by atoms with Gasteiger partial charge in [0.15, 0.2) is 0 Å². The van der Waals surface area contributed by atoms with Gasteiger partial charge in [-0.3, -0.25) is 4.79 Å². The molecule has 21 heavy (non-hydrogen) atoms. The lowest BCUT2D eigenvalue weighted by Gasteiger charge is -2.60. The van der Waals surface area contributed by atoms with Crippen molar-refractivity contribution in [3.05, 3.63) is 0 Å². The van der Waals surface area contributed by atoms with E-state index >= 15 is 0 Å². The molecule has 0 aliphatic heterocycles. The van der Waals surface area contributed by atoms with Crippen molar-refractivity contribution in [2.75, 3.05) is 0 Å². The zero-order valence-corrected chi connectivity index (χ0v) is 13.5. The summed E-state index contributed by atoms with van der Waals surface area (Å²) in [5, 5.41) is 0. The lowest BCUT2D eigenvalue weighted by Crippen LogP contribution is -2.56. The van der Waals surface area contributed by atoms with Crippen molar-refractivity contribution in [3.8, 4) is 0 Å². The zero-order chi connectivity index (χ0) is 14.8. The van der Waals surface area contributed by atoms with Crippen LogP contribution >= 0.6 is 0 Å². The summed E-state index contributed by atoms with van der Waals surface area (Å²) >= 11 is 0. The smallest absolute Gasteiger partial charge is 0.139 e. The van der Waals surface area contributed by atoms with Crippen molar-refractivity contribution < 1.29 is 9.18 Å². The van der Waals surface area contributed by atoms with Gasteiger partial charge in [0.1, 0.15) is 12.0 Å². The minimum Gasteiger partial charge on any atom is -0.299 e. The molecule has 0 spiro atoms. The van der Waals surface area contributed by atoms with Gasteiger partial charge in [0.05, 0.1) is 0 Å². The van der Waals surface area contributed by atoms with Gasteiger partial charge in [-0.2, -0.15) is 0 Å². The summed E-state index contributed by atoms with van der Waals surface area (Å²) in [5.41, 5.74) is 0.103. The molecule has 0 bridgehead atoms. The summed E-state index contributed by atoms with van der Waals surface area (Å²) in [4.78, 5) is 12.4. The molecule has 0 radical (unpaired) electrons. The molecule has 7 atom stereocenters. The molecule has 0 N–H and O–H groups in total. The van der Waals surface area contributed by atoms with E-state index in [1.807, 2.05) is 0 Å². The number of hydrogen-bond acceptors (Lipinski definition) is 1. The summed E-state index contributed by atoms with van der Waals surface area (Å²) in [6, 6.07) is 0. The van der Waals surface area contributed by atoms with Crippen LogP contribution in [0.4, 0.5) is 4.39 Å². The Morgan fingerprint density at radius 3 is 2.62 bits per heavy atom. The molecule has 4 rings (SSSR count). The maximum atomic E-state index is 14.9. The normalized spacial score (nSPS) is 56.5. The number of rotatable bonds is 0. The molecular formula is C19H29FO. The number of carbonyl (C=O) groups excluding carboxylic acids is 1. The quantitative estimate of drug-likeness (QED) is 0.618. The van der Waals surface area contributed by atoms with Gasteiger partial charge < -0.3 is 0 Å². The van der Waals surface area contributed by atoms with Crippen LogP contribution in [0.1, 0.15) is 71.6 Å². The van der Waals surface area contributed by atoms with Crippen LogP contribution in [-0.2, 0) is 4.79 Å². The van der Waals surface area contributed by atoms with Crippen LogP contribution in [0.25, 0.3) is 0 Å². The molecule has 0 heterocycles. The highest BCUT2D eigenvalue weighted by Crippen LogP contribution is 2.65. The highest BCUT2D eigenvalue weighted by atomic mass is 19.1. The Balaban J connectivity index is 1.69. The Morgan fingerprint density at radius 2 is 1.81 bits per heavy atom. The number of hydrogen-bond donors (Lipinski definition) is 0. The van der Waals surface area contributed by atoms with Crippen LogP contribution in [0.5, 0.6) is 0 Å². The van der Waals surface area contributed by atoms with E-state index in [-0.39, 0.29) is 10.8 Å². The molecule has 1 nitrogen and oxygen atoms in total. The third kappa shape index (κ3) is 1.77. The largest absolute Gasteiger partial charge is 0.299 e. The van der Waals surface area contributed by atoms with Crippen LogP contribution in [0.15, 0.2) is 0 Å². The van der Waals surface area contributed by atoms with Gasteiger partial charge in [-0.1, -0.05) is 26.7 Å². The average molecular weight is 292 g/mol. The van der Waals surface area contributed by atoms with Gasteiger partial charge >= 0.3 is 0 Å². The van der Waals surface area contributed by atoms with E-state index < -0.39 is 6.17 Å². The lowest BCUT2D eigenvalue weighted by atomic mass is 9.45. The number of halogens is 1. The summed E-state index contributed by atoms with van der Waals surface area (Å²) in [7, 11) is 0. The van der Waals surface area contributed by atoms with Gasteiger partial charge in [-0.25, -0.2) is 4.39 Å². The monoisotopic (exact) mass is 292 g/mol. The maximum Gasteiger partial charge on any atom is 0.139 e. The first-order valence-electron chi connectivity index (χ1n) is 9.14. The number of ketones is 1. The molecule has 0 aromatic rings. The predicted octanol–water partition coefficient (Wildman–Crippen LogP) is 4.94. The van der Waals surface area contributed by atoms with E-state index in [1.54, 1.807) is 0 Å². The van der Waals surface area contributed by atoms with Crippen molar-refractivity contribution in [2.45, 2.75) is 77.8 Å². The van der Waals surface area contributed by atoms with E-state index in [0.29, 0.717) is 29.5 Å². The molecule has 0 unspecified atom stereocenters. The van der Waals surface area contributed by atoms with Gasteiger partial charge in [-0.15, -0.1) is 0 Å². The molecule has 0 amide bonds. The summed E-state index contributed by atoms with van der Waals surface area (Å²) in [6.45, 7) is 4.57. The van der Waals surface area contributed by atoms with E-state index in [0.717, 1.165) is 32.1 Å². The molecule has 0 aromatic heterocycles. The van der Waals surface area contributed by atoms with Gasteiger partial charge in [0.2, 0.25) is 0 Å². The Morgan fingerprint density at radius 1 is 1.00 bits per heavy atom.